The molecule has 2 heterocycles. The molecule has 0 aliphatic carbocycles. The van der Waals surface area contributed by atoms with E-state index in [1.807, 2.05) is 30.3 Å². The molecule has 0 atom stereocenters. The van der Waals surface area contributed by atoms with Crippen molar-refractivity contribution in [2.75, 3.05) is 7.11 Å². The van der Waals surface area contributed by atoms with Crippen molar-refractivity contribution in [2.24, 2.45) is 4.99 Å². The second-order valence-corrected chi connectivity index (χ2v) is 8.40. The van der Waals surface area contributed by atoms with E-state index in [-0.39, 0.29) is 12.1 Å². The van der Waals surface area contributed by atoms with Crippen molar-refractivity contribution in [1.82, 2.24) is 9.13 Å². The maximum Gasteiger partial charge on any atom is 0.350 e. The van der Waals surface area contributed by atoms with Crippen molar-refractivity contribution in [1.29, 1.82) is 0 Å². The summed E-state index contributed by atoms with van der Waals surface area (Å²) < 4.78 is 7.06. The maximum absolute atomic E-state index is 13.0. The highest BCUT2D eigenvalue weighted by molar-refractivity contribution is 7.12. The first-order valence-corrected chi connectivity index (χ1v) is 11.0. The molecule has 0 aliphatic heterocycles. The Hall–Kier alpha value is -3.46. The van der Waals surface area contributed by atoms with Gasteiger partial charge in [-0.3, -0.25) is 18.9 Å². The number of rotatable bonds is 7. The molecule has 8 nitrogen and oxygen atoms in total. The quantitative estimate of drug-likeness (QED) is 0.434. The smallest absolute Gasteiger partial charge is 0.350 e. The molecular formula is C23H25N3O5S. The zero-order valence-corrected chi connectivity index (χ0v) is 19.2. The Morgan fingerprint density at radius 1 is 1.25 bits per heavy atom. The Bertz CT molecular complexity index is 1270. The summed E-state index contributed by atoms with van der Waals surface area (Å²) in [6.45, 7) is 5.41. The third kappa shape index (κ3) is 4.57. The van der Waals surface area contributed by atoms with Crippen LogP contribution < -0.4 is 11.2 Å². The topological polar surface area (TPSA) is 103 Å². The van der Waals surface area contributed by atoms with Gasteiger partial charge in [0.15, 0.2) is 0 Å². The van der Waals surface area contributed by atoms with Gasteiger partial charge in [0.25, 0.3) is 5.56 Å². The van der Waals surface area contributed by atoms with Crippen molar-refractivity contribution in [3.63, 3.8) is 0 Å². The summed E-state index contributed by atoms with van der Waals surface area (Å²) in [6, 6.07) is 9.13. The molecule has 2 aromatic heterocycles. The number of aromatic hydroxyl groups is 1. The number of carbonyl (C=O) groups is 1. The molecule has 1 aromatic carbocycles. The lowest BCUT2D eigenvalue weighted by Crippen LogP contribution is -2.42. The summed E-state index contributed by atoms with van der Waals surface area (Å²) in [5, 5.41) is 12.6. The van der Waals surface area contributed by atoms with Crippen LogP contribution in [0.4, 0.5) is 5.69 Å². The van der Waals surface area contributed by atoms with Crippen molar-refractivity contribution < 1.29 is 14.6 Å². The monoisotopic (exact) mass is 455 g/mol. The first kappa shape index (κ1) is 23.2. The van der Waals surface area contributed by atoms with Crippen LogP contribution in [0.5, 0.6) is 5.88 Å². The highest BCUT2D eigenvalue weighted by Gasteiger charge is 2.20. The predicted molar refractivity (Wildman–Crippen MR) is 125 cm³/mol. The van der Waals surface area contributed by atoms with Crippen LogP contribution in [-0.4, -0.2) is 33.5 Å². The minimum absolute atomic E-state index is 0.118. The SMILES string of the molecule is COC(=O)c1scc(C)c1N=Cc1c(O)n(CCc2ccccc2)c(=O)n(C(C)C)c1=O. The third-order valence-electron chi connectivity index (χ3n) is 5.00. The second kappa shape index (κ2) is 9.78. The van der Waals surface area contributed by atoms with E-state index in [2.05, 4.69) is 4.99 Å². The molecule has 0 bridgehead atoms. The van der Waals surface area contributed by atoms with Crippen LogP contribution >= 0.6 is 11.3 Å². The summed E-state index contributed by atoms with van der Waals surface area (Å²) in [5.41, 5.74) is 0.736. The standard InChI is InChI=1S/C23H25N3O5S/c1-14(2)26-21(28)17(12-24-18-15(3)13-32-19(18)22(29)31-4)20(27)25(23(26)30)11-10-16-8-6-5-7-9-16/h5-9,12-14,27H,10-11H2,1-4H3. The van der Waals surface area contributed by atoms with Gasteiger partial charge in [0, 0.05) is 18.8 Å². The number of carbonyl (C=O) groups excluding carboxylic acids is 1. The van der Waals surface area contributed by atoms with Crippen LogP contribution in [0.1, 0.15) is 46.3 Å². The number of hydrogen-bond donors (Lipinski definition) is 1. The lowest BCUT2D eigenvalue weighted by molar-refractivity contribution is 0.0607. The summed E-state index contributed by atoms with van der Waals surface area (Å²) >= 11 is 1.18. The zero-order chi connectivity index (χ0) is 23.4. The van der Waals surface area contributed by atoms with Gasteiger partial charge in [0.1, 0.15) is 10.4 Å². The number of benzene rings is 1. The van der Waals surface area contributed by atoms with Crippen LogP contribution in [0.3, 0.4) is 0 Å². The normalized spacial score (nSPS) is 11.4. The maximum atomic E-state index is 13.0. The summed E-state index contributed by atoms with van der Waals surface area (Å²) in [4.78, 5) is 42.6. The fourth-order valence-electron chi connectivity index (χ4n) is 3.30. The third-order valence-corrected chi connectivity index (χ3v) is 6.07. The van der Waals surface area contributed by atoms with E-state index in [1.165, 1.54) is 29.2 Å². The summed E-state index contributed by atoms with van der Waals surface area (Å²) in [6.07, 6.45) is 1.70. The van der Waals surface area contributed by atoms with Gasteiger partial charge in [0.05, 0.1) is 12.8 Å². The summed E-state index contributed by atoms with van der Waals surface area (Å²) in [5.74, 6) is -0.990. The van der Waals surface area contributed by atoms with Gasteiger partial charge in [-0.1, -0.05) is 30.3 Å². The van der Waals surface area contributed by atoms with E-state index in [0.29, 0.717) is 17.0 Å². The van der Waals surface area contributed by atoms with Crippen molar-refractivity contribution in [3.05, 3.63) is 78.1 Å². The Labute approximate surface area is 189 Å². The van der Waals surface area contributed by atoms with E-state index in [0.717, 1.165) is 15.7 Å². The van der Waals surface area contributed by atoms with Gasteiger partial charge in [-0.05, 0) is 43.7 Å². The van der Waals surface area contributed by atoms with Gasteiger partial charge in [-0.15, -0.1) is 11.3 Å². The summed E-state index contributed by atoms with van der Waals surface area (Å²) in [7, 11) is 1.28. The first-order chi connectivity index (χ1) is 15.3. The molecule has 3 aromatic rings. The van der Waals surface area contributed by atoms with E-state index < -0.39 is 29.1 Å². The lowest BCUT2D eigenvalue weighted by atomic mass is 10.1. The highest BCUT2D eigenvalue weighted by atomic mass is 32.1. The number of esters is 1. The van der Waals surface area contributed by atoms with E-state index in [1.54, 1.807) is 26.2 Å². The molecule has 0 radical (unpaired) electrons. The molecule has 32 heavy (non-hydrogen) atoms. The fraction of sp³-hybridized carbons (Fsp3) is 0.304. The Balaban J connectivity index is 2.10. The fourth-order valence-corrected chi connectivity index (χ4v) is 4.21. The van der Waals surface area contributed by atoms with Gasteiger partial charge < -0.3 is 9.84 Å². The van der Waals surface area contributed by atoms with Gasteiger partial charge in [-0.25, -0.2) is 9.59 Å². The largest absolute Gasteiger partial charge is 0.494 e. The van der Waals surface area contributed by atoms with Crippen LogP contribution in [0.15, 0.2) is 50.3 Å². The number of nitrogens with zero attached hydrogens (tertiary/aromatic N) is 3. The van der Waals surface area contributed by atoms with Crippen LogP contribution in [0.2, 0.25) is 0 Å². The minimum Gasteiger partial charge on any atom is -0.494 e. The molecule has 3 rings (SSSR count). The van der Waals surface area contributed by atoms with Gasteiger partial charge >= 0.3 is 11.7 Å². The number of ether oxygens (including phenoxy) is 1. The Kier molecular flexibility index (Phi) is 7.09. The molecule has 0 amide bonds. The van der Waals surface area contributed by atoms with Crippen molar-refractivity contribution in [3.8, 4) is 5.88 Å². The average molecular weight is 456 g/mol. The molecule has 0 unspecified atom stereocenters. The Morgan fingerprint density at radius 2 is 1.94 bits per heavy atom. The van der Waals surface area contributed by atoms with E-state index >= 15 is 0 Å². The number of aliphatic imine (C=N–C) groups is 1. The number of aromatic nitrogens is 2. The van der Waals surface area contributed by atoms with Crippen LogP contribution in [0.25, 0.3) is 0 Å². The minimum atomic E-state index is -0.644. The van der Waals surface area contributed by atoms with Crippen LogP contribution in [-0.2, 0) is 17.7 Å². The molecule has 9 heteroatoms. The molecule has 0 aliphatic rings. The predicted octanol–water partition coefficient (Wildman–Crippen LogP) is 3.45. The zero-order valence-electron chi connectivity index (χ0n) is 18.4. The van der Waals surface area contributed by atoms with Gasteiger partial charge in [0.2, 0.25) is 5.88 Å². The lowest BCUT2D eigenvalue weighted by Gasteiger charge is -2.16. The number of thiophene rings is 1. The van der Waals surface area contributed by atoms with Crippen LogP contribution in [0, 0.1) is 6.92 Å². The average Bonchev–Trinajstić information content (AvgIpc) is 3.13. The second-order valence-electron chi connectivity index (χ2n) is 7.52. The molecule has 168 valence electrons. The molecule has 1 N–H and O–H groups in total. The molecule has 0 saturated heterocycles. The molecular weight excluding hydrogens is 430 g/mol. The molecule has 0 fully saturated rings. The van der Waals surface area contributed by atoms with Gasteiger partial charge in [-0.2, -0.15) is 0 Å². The van der Waals surface area contributed by atoms with E-state index in [4.69, 9.17) is 4.74 Å². The van der Waals surface area contributed by atoms with E-state index in [9.17, 15) is 19.5 Å². The number of hydrogen-bond acceptors (Lipinski definition) is 7. The Morgan fingerprint density at radius 3 is 2.56 bits per heavy atom. The van der Waals surface area contributed by atoms with Crippen molar-refractivity contribution >= 4 is 29.2 Å². The first-order valence-electron chi connectivity index (χ1n) is 10.1. The number of aryl methyl sites for hydroxylation is 2. The number of methoxy groups -OCH3 is 1. The molecule has 0 saturated carbocycles. The molecule has 0 spiro atoms. The highest BCUT2D eigenvalue weighted by Crippen LogP contribution is 2.31. The van der Waals surface area contributed by atoms with Crippen molar-refractivity contribution in [2.45, 2.75) is 39.8 Å².